The SMILES string of the molecule is OCc1cc(F)c(Oc2ccnc(C(F)F)c2)c(F)c1. The van der Waals surface area contributed by atoms with Gasteiger partial charge in [0, 0.05) is 12.3 Å². The van der Waals surface area contributed by atoms with E-state index in [0.29, 0.717) is 0 Å². The van der Waals surface area contributed by atoms with Gasteiger partial charge in [-0.2, -0.15) is 0 Å². The number of aliphatic hydroxyl groups excluding tert-OH is 1. The van der Waals surface area contributed by atoms with Crippen molar-refractivity contribution in [3.05, 3.63) is 53.4 Å². The van der Waals surface area contributed by atoms with Gasteiger partial charge in [0.2, 0.25) is 0 Å². The van der Waals surface area contributed by atoms with Crippen LogP contribution in [-0.4, -0.2) is 10.1 Å². The second kappa shape index (κ2) is 5.87. The molecule has 0 amide bonds. The van der Waals surface area contributed by atoms with Crippen molar-refractivity contribution >= 4 is 0 Å². The third kappa shape index (κ3) is 3.05. The molecule has 0 aliphatic heterocycles. The van der Waals surface area contributed by atoms with E-state index in [1.165, 1.54) is 6.07 Å². The summed E-state index contributed by atoms with van der Waals surface area (Å²) in [5.74, 6) is -2.97. The fourth-order valence-electron chi connectivity index (χ4n) is 1.53. The van der Waals surface area contributed by atoms with Crippen molar-refractivity contribution in [1.29, 1.82) is 0 Å². The molecule has 0 aliphatic carbocycles. The van der Waals surface area contributed by atoms with E-state index < -0.39 is 36.1 Å². The summed E-state index contributed by atoms with van der Waals surface area (Å²) in [6, 6.07) is 3.88. The van der Waals surface area contributed by atoms with E-state index in [0.717, 1.165) is 24.4 Å². The fraction of sp³-hybridized carbons (Fsp3) is 0.154. The van der Waals surface area contributed by atoms with Crippen LogP contribution in [0.2, 0.25) is 0 Å². The summed E-state index contributed by atoms with van der Waals surface area (Å²) in [7, 11) is 0. The van der Waals surface area contributed by atoms with Crippen LogP contribution in [0.15, 0.2) is 30.5 Å². The van der Waals surface area contributed by atoms with E-state index in [4.69, 9.17) is 9.84 Å². The van der Waals surface area contributed by atoms with Crippen molar-refractivity contribution in [3.8, 4) is 11.5 Å². The molecule has 1 aromatic carbocycles. The summed E-state index contributed by atoms with van der Waals surface area (Å²) in [6.07, 6.45) is -1.76. The Kier molecular flexibility index (Phi) is 4.19. The van der Waals surface area contributed by atoms with E-state index in [1.807, 2.05) is 0 Å². The maximum absolute atomic E-state index is 13.6. The molecule has 0 atom stereocenters. The fourth-order valence-corrected chi connectivity index (χ4v) is 1.53. The molecule has 1 heterocycles. The number of benzene rings is 1. The van der Waals surface area contributed by atoms with Crippen molar-refractivity contribution in [2.24, 2.45) is 0 Å². The number of halogens is 4. The lowest BCUT2D eigenvalue weighted by molar-refractivity contribution is 0.145. The van der Waals surface area contributed by atoms with Crippen molar-refractivity contribution in [2.75, 3.05) is 0 Å². The average molecular weight is 287 g/mol. The molecule has 1 N–H and O–H groups in total. The second-order valence-corrected chi connectivity index (χ2v) is 3.87. The molecule has 20 heavy (non-hydrogen) atoms. The van der Waals surface area contributed by atoms with Crippen molar-refractivity contribution in [1.82, 2.24) is 4.98 Å². The van der Waals surface area contributed by atoms with Crippen LogP contribution in [0, 0.1) is 11.6 Å². The van der Waals surface area contributed by atoms with Gasteiger partial charge in [-0.1, -0.05) is 0 Å². The van der Waals surface area contributed by atoms with Gasteiger partial charge in [-0.25, -0.2) is 17.6 Å². The first kappa shape index (κ1) is 14.3. The van der Waals surface area contributed by atoms with Crippen LogP contribution in [0.25, 0.3) is 0 Å². The molecule has 0 spiro atoms. The van der Waals surface area contributed by atoms with Crippen molar-refractivity contribution < 1.29 is 27.4 Å². The maximum Gasteiger partial charge on any atom is 0.280 e. The van der Waals surface area contributed by atoms with Gasteiger partial charge in [-0.05, 0) is 23.8 Å². The summed E-state index contributed by atoms with van der Waals surface area (Å²) in [4.78, 5) is 3.40. The highest BCUT2D eigenvalue weighted by atomic mass is 19.3. The van der Waals surface area contributed by atoms with Gasteiger partial charge in [0.25, 0.3) is 6.43 Å². The first-order valence-electron chi connectivity index (χ1n) is 5.52. The zero-order chi connectivity index (χ0) is 14.7. The molecule has 0 saturated heterocycles. The molecular formula is C13H9F4NO2. The summed E-state index contributed by atoms with van der Waals surface area (Å²) in [5.41, 5.74) is -0.523. The highest BCUT2D eigenvalue weighted by molar-refractivity contribution is 5.36. The van der Waals surface area contributed by atoms with Gasteiger partial charge in [0.1, 0.15) is 11.4 Å². The highest BCUT2D eigenvalue weighted by Gasteiger charge is 2.15. The van der Waals surface area contributed by atoms with Gasteiger partial charge in [0.15, 0.2) is 17.4 Å². The Labute approximate surface area is 111 Å². The Hall–Kier alpha value is -2.15. The van der Waals surface area contributed by atoms with Crippen LogP contribution in [0.3, 0.4) is 0 Å². The van der Waals surface area contributed by atoms with Gasteiger partial charge >= 0.3 is 0 Å². The number of ether oxygens (including phenoxy) is 1. The van der Waals surface area contributed by atoms with Gasteiger partial charge < -0.3 is 9.84 Å². The Bertz CT molecular complexity index is 596. The molecule has 0 aliphatic rings. The highest BCUT2D eigenvalue weighted by Crippen LogP contribution is 2.30. The van der Waals surface area contributed by atoms with Gasteiger partial charge in [0.05, 0.1) is 6.61 Å². The van der Waals surface area contributed by atoms with E-state index in [1.54, 1.807) is 0 Å². The lowest BCUT2D eigenvalue weighted by Crippen LogP contribution is -1.97. The van der Waals surface area contributed by atoms with Gasteiger partial charge in [-0.3, -0.25) is 4.98 Å². The Morgan fingerprint density at radius 2 is 1.80 bits per heavy atom. The summed E-state index contributed by atoms with van der Waals surface area (Å²) in [5, 5.41) is 8.80. The van der Waals surface area contributed by atoms with E-state index >= 15 is 0 Å². The monoisotopic (exact) mass is 287 g/mol. The molecule has 0 saturated carbocycles. The molecule has 106 valence electrons. The minimum atomic E-state index is -2.81. The number of aromatic nitrogens is 1. The smallest absolute Gasteiger partial charge is 0.280 e. The second-order valence-electron chi connectivity index (χ2n) is 3.87. The first-order chi connectivity index (χ1) is 9.51. The van der Waals surface area contributed by atoms with E-state index in [9.17, 15) is 17.6 Å². The van der Waals surface area contributed by atoms with Crippen molar-refractivity contribution in [3.63, 3.8) is 0 Å². The number of hydrogen-bond acceptors (Lipinski definition) is 3. The molecule has 3 nitrogen and oxygen atoms in total. The van der Waals surface area contributed by atoms with Crippen LogP contribution >= 0.6 is 0 Å². The number of hydrogen-bond donors (Lipinski definition) is 1. The summed E-state index contributed by atoms with van der Waals surface area (Å²) in [6.45, 7) is -0.529. The summed E-state index contributed by atoms with van der Waals surface area (Å²) >= 11 is 0. The molecule has 2 aromatic rings. The van der Waals surface area contributed by atoms with Crippen LogP contribution in [0.5, 0.6) is 11.5 Å². The first-order valence-corrected chi connectivity index (χ1v) is 5.52. The molecule has 0 bridgehead atoms. The Balaban J connectivity index is 2.32. The molecule has 1 aromatic heterocycles. The molecule has 2 rings (SSSR count). The predicted molar refractivity (Wildman–Crippen MR) is 61.5 cm³/mol. The third-order valence-corrected chi connectivity index (χ3v) is 2.44. The van der Waals surface area contributed by atoms with E-state index in [-0.39, 0.29) is 11.3 Å². The van der Waals surface area contributed by atoms with Crippen molar-refractivity contribution in [2.45, 2.75) is 13.0 Å². The number of pyridine rings is 1. The lowest BCUT2D eigenvalue weighted by Gasteiger charge is -2.10. The average Bonchev–Trinajstić information content (AvgIpc) is 2.42. The van der Waals surface area contributed by atoms with Crippen LogP contribution in [-0.2, 0) is 6.61 Å². The molecular weight excluding hydrogens is 278 g/mol. The largest absolute Gasteiger partial charge is 0.451 e. The minimum Gasteiger partial charge on any atom is -0.451 e. The molecule has 0 fully saturated rings. The topological polar surface area (TPSA) is 42.4 Å². The van der Waals surface area contributed by atoms with Crippen LogP contribution < -0.4 is 4.74 Å². The molecule has 0 unspecified atom stereocenters. The standard InChI is InChI=1S/C13H9F4NO2/c14-9-3-7(6-19)4-10(15)12(9)20-8-1-2-18-11(5-8)13(16)17/h1-5,13,19H,6H2. The Morgan fingerprint density at radius 3 is 2.35 bits per heavy atom. The third-order valence-electron chi connectivity index (χ3n) is 2.44. The zero-order valence-electron chi connectivity index (χ0n) is 9.99. The zero-order valence-corrected chi connectivity index (χ0v) is 9.99. The predicted octanol–water partition coefficient (Wildman–Crippen LogP) is 3.58. The van der Waals surface area contributed by atoms with Gasteiger partial charge in [-0.15, -0.1) is 0 Å². The lowest BCUT2D eigenvalue weighted by atomic mass is 10.2. The normalized spacial score (nSPS) is 10.9. The molecule has 7 heteroatoms. The number of rotatable bonds is 4. The number of alkyl halides is 2. The van der Waals surface area contributed by atoms with E-state index in [2.05, 4.69) is 4.98 Å². The molecule has 0 radical (unpaired) electrons. The maximum atomic E-state index is 13.6. The Morgan fingerprint density at radius 1 is 1.15 bits per heavy atom. The van der Waals surface area contributed by atoms with Crippen LogP contribution in [0.1, 0.15) is 17.7 Å². The number of aliphatic hydroxyl groups is 1. The summed E-state index contributed by atoms with van der Waals surface area (Å²) < 4.78 is 57.0. The quantitative estimate of drug-likeness (QED) is 0.874. The van der Waals surface area contributed by atoms with Crippen LogP contribution in [0.4, 0.5) is 17.6 Å². The number of nitrogens with zero attached hydrogens (tertiary/aromatic N) is 1. The minimum absolute atomic E-state index is 0.0374.